The van der Waals surface area contributed by atoms with Crippen molar-refractivity contribution in [3.05, 3.63) is 113 Å². The quantitative estimate of drug-likeness (QED) is 0.261. The highest BCUT2D eigenvalue weighted by atomic mass is 32.1. The van der Waals surface area contributed by atoms with Crippen LogP contribution in [-0.2, 0) is 0 Å². The van der Waals surface area contributed by atoms with Gasteiger partial charge in [0.15, 0.2) is 11.5 Å². The summed E-state index contributed by atoms with van der Waals surface area (Å²) in [5.41, 5.74) is 6.04. The van der Waals surface area contributed by atoms with Crippen LogP contribution in [0.15, 0.2) is 102 Å². The van der Waals surface area contributed by atoms with Crippen molar-refractivity contribution in [2.24, 2.45) is 5.10 Å². The fourth-order valence-electron chi connectivity index (χ4n) is 5.52. The van der Waals surface area contributed by atoms with Gasteiger partial charge in [-0.1, -0.05) is 42.5 Å². The summed E-state index contributed by atoms with van der Waals surface area (Å²) in [7, 11) is 0. The molecule has 8 rings (SSSR count). The highest BCUT2D eigenvalue weighted by molar-refractivity contribution is 7.13. The summed E-state index contributed by atoms with van der Waals surface area (Å²) in [5, 5.41) is 14.4. The predicted molar refractivity (Wildman–Crippen MR) is 150 cm³/mol. The van der Waals surface area contributed by atoms with Gasteiger partial charge in [0, 0.05) is 23.7 Å². The van der Waals surface area contributed by atoms with E-state index in [4.69, 9.17) is 24.4 Å². The smallest absolute Gasteiger partial charge is 0.217 e. The third kappa shape index (κ3) is 3.79. The van der Waals surface area contributed by atoms with Crippen LogP contribution in [-0.4, -0.2) is 33.7 Å². The largest absolute Gasteiger partial charge is 0.486 e. The van der Waals surface area contributed by atoms with Gasteiger partial charge in [-0.15, -0.1) is 11.3 Å². The standard InChI is InChI=1S/C31H24N4O3S/c1-2-7-21(8-3-1)34-19-23(30(33-34)29-11-6-16-39-29)31-35-25(22-9-4-5-10-26(22)38-31)18-24(32-35)20-12-13-27-28(17-20)37-15-14-36-27/h1-13,16-17,19,25,31H,14-15,18H2. The molecule has 8 heteroatoms. The summed E-state index contributed by atoms with van der Waals surface area (Å²) < 4.78 is 20.3. The Morgan fingerprint density at radius 3 is 2.51 bits per heavy atom. The van der Waals surface area contributed by atoms with E-state index in [1.807, 2.05) is 47.1 Å². The van der Waals surface area contributed by atoms with Crippen LogP contribution < -0.4 is 14.2 Å². The second kappa shape index (κ2) is 9.03. The topological polar surface area (TPSA) is 61.1 Å². The van der Waals surface area contributed by atoms with E-state index in [1.165, 1.54) is 0 Å². The van der Waals surface area contributed by atoms with Crippen LogP contribution in [0.2, 0.25) is 0 Å². The molecule has 5 heterocycles. The molecule has 0 spiro atoms. The number of hydrogen-bond acceptors (Lipinski definition) is 7. The van der Waals surface area contributed by atoms with Gasteiger partial charge < -0.3 is 14.2 Å². The van der Waals surface area contributed by atoms with Crippen LogP contribution in [0.1, 0.15) is 35.4 Å². The molecule has 0 bridgehead atoms. The maximum atomic E-state index is 6.72. The van der Waals surface area contributed by atoms with E-state index in [1.54, 1.807) is 11.3 Å². The van der Waals surface area contributed by atoms with Crippen molar-refractivity contribution in [3.8, 4) is 33.5 Å². The fraction of sp³-hybridized carbons (Fsp3) is 0.161. The predicted octanol–water partition coefficient (Wildman–Crippen LogP) is 6.61. The summed E-state index contributed by atoms with van der Waals surface area (Å²) in [4.78, 5) is 1.09. The molecule has 0 fully saturated rings. The van der Waals surface area contributed by atoms with Crippen molar-refractivity contribution in [3.63, 3.8) is 0 Å². The van der Waals surface area contributed by atoms with Gasteiger partial charge in [-0.3, -0.25) is 0 Å². The van der Waals surface area contributed by atoms with Crippen LogP contribution in [0.4, 0.5) is 0 Å². The van der Waals surface area contributed by atoms with E-state index in [9.17, 15) is 0 Å². The van der Waals surface area contributed by atoms with E-state index in [0.717, 1.165) is 62.3 Å². The van der Waals surface area contributed by atoms with Crippen molar-refractivity contribution in [1.82, 2.24) is 14.8 Å². The van der Waals surface area contributed by atoms with Crippen molar-refractivity contribution in [1.29, 1.82) is 0 Å². The average molecular weight is 533 g/mol. The SMILES string of the molecule is c1ccc(-n2cc(C3Oc4ccccc4C4CC(c5ccc6c(c5)OCCO6)=NN43)c(-c3cccs3)n2)cc1. The second-order valence-corrected chi connectivity index (χ2v) is 10.7. The molecule has 0 saturated heterocycles. The number of nitrogens with zero attached hydrogens (tertiary/aromatic N) is 4. The zero-order chi connectivity index (χ0) is 25.8. The van der Waals surface area contributed by atoms with Gasteiger partial charge in [0.25, 0.3) is 0 Å². The minimum absolute atomic E-state index is 0.0411. The Morgan fingerprint density at radius 1 is 0.795 bits per heavy atom. The summed E-state index contributed by atoms with van der Waals surface area (Å²) in [6.45, 7) is 1.13. The minimum atomic E-state index is -0.436. The van der Waals surface area contributed by atoms with Crippen molar-refractivity contribution in [2.75, 3.05) is 13.2 Å². The lowest BCUT2D eigenvalue weighted by Gasteiger charge is -2.37. The highest BCUT2D eigenvalue weighted by Crippen LogP contribution is 2.49. The zero-order valence-electron chi connectivity index (χ0n) is 20.9. The number of hydrogen-bond donors (Lipinski definition) is 0. The van der Waals surface area contributed by atoms with E-state index in [-0.39, 0.29) is 6.04 Å². The zero-order valence-corrected chi connectivity index (χ0v) is 21.8. The molecular weight excluding hydrogens is 508 g/mol. The van der Waals surface area contributed by atoms with E-state index >= 15 is 0 Å². The molecular formula is C31H24N4O3S. The lowest BCUT2D eigenvalue weighted by molar-refractivity contribution is -0.0186. The lowest BCUT2D eigenvalue weighted by atomic mass is 9.95. The number of aromatic nitrogens is 2. The summed E-state index contributed by atoms with van der Waals surface area (Å²) in [6, 6.07) is 28.7. The summed E-state index contributed by atoms with van der Waals surface area (Å²) in [5.74, 6) is 2.43. The molecule has 3 aliphatic heterocycles. The fourth-order valence-corrected chi connectivity index (χ4v) is 6.25. The third-order valence-electron chi connectivity index (χ3n) is 7.36. The lowest BCUT2D eigenvalue weighted by Crippen LogP contribution is -2.33. The van der Waals surface area contributed by atoms with Gasteiger partial charge in [0.05, 0.1) is 27.9 Å². The van der Waals surface area contributed by atoms with Gasteiger partial charge in [0.2, 0.25) is 6.23 Å². The molecule has 2 aromatic heterocycles. The molecule has 0 radical (unpaired) electrons. The first-order valence-corrected chi connectivity index (χ1v) is 13.9. The number of hydrazone groups is 1. The molecule has 3 aromatic carbocycles. The monoisotopic (exact) mass is 532 g/mol. The second-order valence-electron chi connectivity index (χ2n) is 9.70. The summed E-state index contributed by atoms with van der Waals surface area (Å²) >= 11 is 1.67. The van der Waals surface area contributed by atoms with Gasteiger partial charge in [-0.25, -0.2) is 9.69 Å². The normalized spacial score (nSPS) is 19.2. The highest BCUT2D eigenvalue weighted by Gasteiger charge is 2.42. The molecule has 5 aromatic rings. The van der Waals surface area contributed by atoms with E-state index in [0.29, 0.717) is 13.2 Å². The summed E-state index contributed by atoms with van der Waals surface area (Å²) in [6.07, 6.45) is 2.41. The Bertz CT molecular complexity index is 1700. The number of ether oxygens (including phenoxy) is 3. The molecule has 0 aliphatic carbocycles. The Labute approximate surface area is 229 Å². The van der Waals surface area contributed by atoms with E-state index < -0.39 is 6.23 Å². The maximum Gasteiger partial charge on any atom is 0.217 e. The van der Waals surface area contributed by atoms with Crippen LogP contribution in [0, 0.1) is 0 Å². The Morgan fingerprint density at radius 2 is 1.64 bits per heavy atom. The van der Waals surface area contributed by atoms with Gasteiger partial charge in [-0.05, 0) is 47.8 Å². The number of rotatable bonds is 4. The molecule has 39 heavy (non-hydrogen) atoms. The molecule has 3 aliphatic rings. The average Bonchev–Trinajstić information content (AvgIpc) is 3.77. The maximum absolute atomic E-state index is 6.72. The number of fused-ring (bicyclic) bond motifs is 4. The van der Waals surface area contributed by atoms with Crippen molar-refractivity contribution >= 4 is 17.0 Å². The molecule has 0 amide bonds. The molecule has 0 N–H and O–H groups in total. The molecule has 0 saturated carbocycles. The van der Waals surface area contributed by atoms with Crippen LogP contribution in [0.5, 0.6) is 17.2 Å². The molecule has 2 atom stereocenters. The number of thiophene rings is 1. The molecule has 2 unspecified atom stereocenters. The van der Waals surface area contributed by atoms with Gasteiger partial charge in [-0.2, -0.15) is 10.2 Å². The number of benzene rings is 3. The molecule has 192 valence electrons. The Balaban J connectivity index is 1.26. The first kappa shape index (κ1) is 22.4. The minimum Gasteiger partial charge on any atom is -0.486 e. The van der Waals surface area contributed by atoms with Gasteiger partial charge >= 0.3 is 0 Å². The third-order valence-corrected chi connectivity index (χ3v) is 8.23. The molecule has 7 nitrogen and oxygen atoms in total. The van der Waals surface area contributed by atoms with Crippen LogP contribution >= 0.6 is 11.3 Å². The van der Waals surface area contributed by atoms with Crippen molar-refractivity contribution in [2.45, 2.75) is 18.7 Å². The first-order chi connectivity index (χ1) is 19.3. The van der Waals surface area contributed by atoms with Crippen LogP contribution in [0.3, 0.4) is 0 Å². The van der Waals surface area contributed by atoms with Crippen molar-refractivity contribution < 1.29 is 14.2 Å². The Kier molecular flexibility index (Phi) is 5.19. The van der Waals surface area contributed by atoms with Gasteiger partial charge in [0.1, 0.15) is 24.7 Å². The number of para-hydroxylation sites is 2. The van der Waals surface area contributed by atoms with E-state index in [2.05, 4.69) is 59.1 Å². The first-order valence-electron chi connectivity index (χ1n) is 13.0. The Hall–Kier alpha value is -4.56. The van der Waals surface area contributed by atoms with Crippen LogP contribution in [0.25, 0.3) is 16.3 Å².